The highest BCUT2D eigenvalue weighted by molar-refractivity contribution is 7.89. The van der Waals surface area contributed by atoms with Gasteiger partial charge in [0.25, 0.3) is 0 Å². The van der Waals surface area contributed by atoms with Gasteiger partial charge in [0, 0.05) is 12.4 Å². The van der Waals surface area contributed by atoms with E-state index in [4.69, 9.17) is 4.74 Å². The third-order valence-corrected chi connectivity index (χ3v) is 4.86. The second kappa shape index (κ2) is 8.13. The van der Waals surface area contributed by atoms with Crippen LogP contribution >= 0.6 is 0 Å². The molecule has 0 fully saturated rings. The molecule has 2 aromatic carbocycles. The molecule has 0 aliphatic carbocycles. The fraction of sp³-hybridized carbons (Fsp3) is 0.278. The Kier molecular flexibility index (Phi) is 6.17. The standard InChI is InChI=1S/C18H21NO5S/c1-13(2)24-15-10-8-14(9-11-15)17(12-18(20)21)19-25(22,23)16-6-4-3-5-7-16/h3-11,13,17,19H,12H2,1-2H3,(H,20,21)/p-1/t17-/m0/s1. The SMILES string of the molecule is CC(C)Oc1ccc([C@H](CC(=O)[O-])NS(=O)(=O)c2ccccc2)cc1. The lowest BCUT2D eigenvalue weighted by Gasteiger charge is -2.20. The summed E-state index contributed by atoms with van der Waals surface area (Å²) in [6.07, 6.45) is -0.474. The fourth-order valence-corrected chi connectivity index (χ4v) is 3.55. The summed E-state index contributed by atoms with van der Waals surface area (Å²) in [5, 5.41) is 11.0. The van der Waals surface area contributed by atoms with Crippen LogP contribution in [0.5, 0.6) is 5.75 Å². The van der Waals surface area contributed by atoms with Crippen LogP contribution in [0.4, 0.5) is 0 Å². The quantitative estimate of drug-likeness (QED) is 0.770. The highest BCUT2D eigenvalue weighted by atomic mass is 32.2. The number of rotatable bonds is 8. The Morgan fingerprint density at radius 1 is 1.08 bits per heavy atom. The largest absolute Gasteiger partial charge is 0.550 e. The predicted octanol–water partition coefficient (Wildman–Crippen LogP) is 1.63. The van der Waals surface area contributed by atoms with Crippen LogP contribution in [-0.2, 0) is 14.8 Å². The Morgan fingerprint density at radius 3 is 2.20 bits per heavy atom. The Balaban J connectivity index is 2.26. The van der Waals surface area contributed by atoms with Crippen LogP contribution in [0, 0.1) is 0 Å². The first-order valence-electron chi connectivity index (χ1n) is 7.82. The monoisotopic (exact) mass is 362 g/mol. The van der Waals surface area contributed by atoms with Crippen LogP contribution in [0.2, 0.25) is 0 Å². The second-order valence-corrected chi connectivity index (χ2v) is 7.51. The summed E-state index contributed by atoms with van der Waals surface area (Å²) in [5.74, 6) is -0.722. The number of carbonyl (C=O) groups is 1. The number of nitrogens with one attached hydrogen (secondary N) is 1. The van der Waals surface area contributed by atoms with E-state index in [1.807, 2.05) is 13.8 Å². The lowest BCUT2D eigenvalue weighted by molar-refractivity contribution is -0.306. The molecule has 1 N–H and O–H groups in total. The van der Waals surface area contributed by atoms with Crippen molar-refractivity contribution in [2.24, 2.45) is 0 Å². The summed E-state index contributed by atoms with van der Waals surface area (Å²) in [5.41, 5.74) is 0.514. The van der Waals surface area contributed by atoms with E-state index in [0.29, 0.717) is 11.3 Å². The van der Waals surface area contributed by atoms with Gasteiger partial charge in [0.2, 0.25) is 10.0 Å². The maximum Gasteiger partial charge on any atom is 0.241 e. The number of sulfonamides is 1. The molecule has 0 unspecified atom stereocenters. The highest BCUT2D eigenvalue weighted by Gasteiger charge is 2.21. The van der Waals surface area contributed by atoms with Gasteiger partial charge in [-0.3, -0.25) is 0 Å². The van der Waals surface area contributed by atoms with Crippen molar-refractivity contribution in [1.29, 1.82) is 0 Å². The highest BCUT2D eigenvalue weighted by Crippen LogP contribution is 2.23. The van der Waals surface area contributed by atoms with E-state index < -0.39 is 28.5 Å². The van der Waals surface area contributed by atoms with Gasteiger partial charge >= 0.3 is 0 Å². The third-order valence-electron chi connectivity index (χ3n) is 3.38. The number of benzene rings is 2. The minimum absolute atomic E-state index is 0.00134. The molecular weight excluding hydrogens is 342 g/mol. The molecule has 25 heavy (non-hydrogen) atoms. The number of hydrogen-bond donors (Lipinski definition) is 1. The van der Waals surface area contributed by atoms with E-state index in [2.05, 4.69) is 4.72 Å². The van der Waals surface area contributed by atoms with Crippen LogP contribution in [0.1, 0.15) is 31.9 Å². The van der Waals surface area contributed by atoms with E-state index in [1.165, 1.54) is 12.1 Å². The average Bonchev–Trinajstić information content (AvgIpc) is 2.54. The van der Waals surface area contributed by atoms with Crippen LogP contribution in [0.3, 0.4) is 0 Å². The molecule has 0 aliphatic heterocycles. The first kappa shape index (κ1) is 19.0. The van der Waals surface area contributed by atoms with Crippen molar-refractivity contribution in [2.75, 3.05) is 0 Å². The minimum Gasteiger partial charge on any atom is -0.550 e. The number of carbonyl (C=O) groups excluding carboxylic acids is 1. The van der Waals surface area contributed by atoms with Crippen molar-refractivity contribution in [3.05, 3.63) is 60.2 Å². The van der Waals surface area contributed by atoms with Crippen LogP contribution in [0.15, 0.2) is 59.5 Å². The molecule has 0 spiro atoms. The summed E-state index contributed by atoms with van der Waals surface area (Å²) in [4.78, 5) is 11.1. The average molecular weight is 362 g/mol. The molecule has 1 atom stereocenters. The Bertz CT molecular complexity index is 801. The van der Waals surface area contributed by atoms with Crippen molar-refractivity contribution in [1.82, 2.24) is 4.72 Å². The molecule has 6 nitrogen and oxygen atoms in total. The Labute approximate surface area is 147 Å². The van der Waals surface area contributed by atoms with Crippen LogP contribution in [0.25, 0.3) is 0 Å². The lowest BCUT2D eigenvalue weighted by atomic mass is 10.0. The topological polar surface area (TPSA) is 95.5 Å². The predicted molar refractivity (Wildman–Crippen MR) is 91.3 cm³/mol. The summed E-state index contributed by atoms with van der Waals surface area (Å²) >= 11 is 0. The maximum absolute atomic E-state index is 12.5. The first-order valence-corrected chi connectivity index (χ1v) is 9.30. The molecule has 134 valence electrons. The van der Waals surface area contributed by atoms with Crippen LogP contribution < -0.4 is 14.6 Å². The van der Waals surface area contributed by atoms with Gasteiger partial charge in [0.1, 0.15) is 5.75 Å². The number of hydrogen-bond acceptors (Lipinski definition) is 5. The lowest BCUT2D eigenvalue weighted by Crippen LogP contribution is -2.34. The van der Waals surface area contributed by atoms with Crippen molar-refractivity contribution in [3.8, 4) is 5.75 Å². The smallest absolute Gasteiger partial charge is 0.241 e. The maximum atomic E-state index is 12.5. The summed E-state index contributed by atoms with van der Waals surface area (Å²) in [6.45, 7) is 3.78. The van der Waals surface area contributed by atoms with Gasteiger partial charge in [0.15, 0.2) is 0 Å². The van der Waals surface area contributed by atoms with Crippen molar-refractivity contribution in [2.45, 2.75) is 37.3 Å². The van der Waals surface area contributed by atoms with Crippen molar-refractivity contribution in [3.63, 3.8) is 0 Å². The molecule has 0 saturated heterocycles. The summed E-state index contributed by atoms with van der Waals surface area (Å²) in [6, 6.07) is 13.5. The van der Waals surface area contributed by atoms with Crippen molar-refractivity contribution >= 4 is 16.0 Å². The molecule has 2 rings (SSSR count). The van der Waals surface area contributed by atoms with E-state index in [-0.39, 0.29) is 11.0 Å². The molecule has 2 aromatic rings. The normalized spacial score (nSPS) is 12.8. The second-order valence-electron chi connectivity index (χ2n) is 5.80. The zero-order chi connectivity index (χ0) is 18.4. The van der Waals surface area contributed by atoms with Gasteiger partial charge in [-0.2, -0.15) is 0 Å². The van der Waals surface area contributed by atoms with Crippen LogP contribution in [-0.4, -0.2) is 20.5 Å². The van der Waals surface area contributed by atoms with E-state index >= 15 is 0 Å². The van der Waals surface area contributed by atoms with Gasteiger partial charge in [-0.05, 0) is 43.7 Å². The van der Waals surface area contributed by atoms with Gasteiger partial charge < -0.3 is 14.6 Å². The zero-order valence-electron chi connectivity index (χ0n) is 14.0. The zero-order valence-corrected chi connectivity index (χ0v) is 14.8. The van der Waals surface area contributed by atoms with Gasteiger partial charge in [-0.25, -0.2) is 13.1 Å². The van der Waals surface area contributed by atoms with Crippen molar-refractivity contribution < 1.29 is 23.1 Å². The number of carboxylic acid groups (broad SMARTS) is 1. The number of ether oxygens (including phenoxy) is 1. The first-order chi connectivity index (χ1) is 11.8. The molecule has 0 bridgehead atoms. The molecule has 0 amide bonds. The molecule has 0 radical (unpaired) electrons. The molecule has 0 saturated carbocycles. The van der Waals surface area contributed by atoms with E-state index in [1.54, 1.807) is 42.5 Å². The van der Waals surface area contributed by atoms with Gasteiger partial charge in [0.05, 0.1) is 17.0 Å². The van der Waals surface area contributed by atoms with Gasteiger partial charge in [-0.1, -0.05) is 30.3 Å². The summed E-state index contributed by atoms with van der Waals surface area (Å²) in [7, 11) is -3.85. The van der Waals surface area contributed by atoms with Gasteiger partial charge in [-0.15, -0.1) is 0 Å². The Morgan fingerprint density at radius 2 is 1.68 bits per heavy atom. The molecular formula is C18H20NO5S-. The minimum atomic E-state index is -3.85. The van der Waals surface area contributed by atoms with E-state index in [9.17, 15) is 18.3 Å². The molecule has 0 aliphatic rings. The molecule has 0 aromatic heterocycles. The summed E-state index contributed by atoms with van der Waals surface area (Å²) < 4.78 is 32.9. The molecule has 7 heteroatoms. The van der Waals surface area contributed by atoms with E-state index in [0.717, 1.165) is 0 Å². The number of carboxylic acids is 1. The Hall–Kier alpha value is -2.38. The third kappa shape index (κ3) is 5.58. The fourth-order valence-electron chi connectivity index (χ4n) is 2.30. The number of aliphatic carboxylic acids is 1. The molecule has 0 heterocycles.